The van der Waals surface area contributed by atoms with E-state index in [0.29, 0.717) is 0 Å². The van der Waals surface area contributed by atoms with E-state index in [-0.39, 0.29) is 5.56 Å². The first-order valence-corrected chi connectivity index (χ1v) is 9.09. The predicted molar refractivity (Wildman–Crippen MR) is 100.0 cm³/mol. The molecule has 1 fully saturated rings. The molecule has 0 atom stereocenters. The minimum Gasteiger partial charge on any atom is -0.384 e. The summed E-state index contributed by atoms with van der Waals surface area (Å²) in [6, 6.07) is 4.37. The highest BCUT2D eigenvalue weighted by Gasteiger charge is 2.19. The first-order valence-electron chi connectivity index (χ1n) is 9.09. The van der Waals surface area contributed by atoms with E-state index in [1.54, 1.807) is 0 Å². The quantitative estimate of drug-likeness (QED) is 0.892. The standard InChI is InChI=1S/C19H26N4O2/c1-13-10-14(12-22(2)23-6-8-25-9-7-23)11-16-17(13)18-15(19(24)21-16)4-3-5-20-18/h10-11,20H,3-9,12H2,1-2H3,(H,21,24). The molecule has 2 aliphatic heterocycles. The highest BCUT2D eigenvalue weighted by molar-refractivity contribution is 5.96. The van der Waals surface area contributed by atoms with Gasteiger partial charge in [0.15, 0.2) is 0 Å². The topological polar surface area (TPSA) is 60.6 Å². The molecule has 0 amide bonds. The lowest BCUT2D eigenvalue weighted by atomic mass is 9.97. The summed E-state index contributed by atoms with van der Waals surface area (Å²) in [4.78, 5) is 15.5. The number of hydrogen-bond donors (Lipinski definition) is 2. The number of rotatable bonds is 3. The van der Waals surface area contributed by atoms with E-state index >= 15 is 0 Å². The van der Waals surface area contributed by atoms with Crippen molar-refractivity contribution in [1.82, 2.24) is 15.0 Å². The Balaban J connectivity index is 1.68. The van der Waals surface area contributed by atoms with Gasteiger partial charge in [0, 0.05) is 44.2 Å². The monoisotopic (exact) mass is 342 g/mol. The van der Waals surface area contributed by atoms with E-state index in [9.17, 15) is 4.79 Å². The number of aryl methyl sites for hydroxylation is 1. The molecule has 1 aromatic heterocycles. The van der Waals surface area contributed by atoms with Crippen LogP contribution < -0.4 is 10.9 Å². The number of nitrogens with zero attached hydrogens (tertiary/aromatic N) is 2. The van der Waals surface area contributed by atoms with Gasteiger partial charge in [0.2, 0.25) is 0 Å². The molecule has 2 aliphatic rings. The molecule has 1 aromatic carbocycles. The molecular weight excluding hydrogens is 316 g/mol. The number of nitrogens with one attached hydrogen (secondary N) is 2. The summed E-state index contributed by atoms with van der Waals surface area (Å²) in [5, 5.41) is 9.17. The maximum Gasteiger partial charge on any atom is 0.253 e. The third-order valence-corrected chi connectivity index (χ3v) is 5.26. The van der Waals surface area contributed by atoms with Crippen LogP contribution in [0.2, 0.25) is 0 Å². The number of ether oxygens (including phenoxy) is 1. The van der Waals surface area contributed by atoms with Gasteiger partial charge in [0.05, 0.1) is 24.4 Å². The summed E-state index contributed by atoms with van der Waals surface area (Å²) in [6.45, 7) is 7.32. The number of morpholine rings is 1. The Morgan fingerprint density at radius 1 is 1.28 bits per heavy atom. The third kappa shape index (κ3) is 3.17. The zero-order chi connectivity index (χ0) is 17.4. The normalized spacial score (nSPS) is 18.4. The molecule has 3 heterocycles. The lowest BCUT2D eigenvalue weighted by molar-refractivity contribution is -0.0802. The van der Waals surface area contributed by atoms with Crippen LogP contribution in [0.1, 0.15) is 23.1 Å². The van der Waals surface area contributed by atoms with Crippen LogP contribution in [0.5, 0.6) is 0 Å². The maximum atomic E-state index is 12.4. The van der Waals surface area contributed by atoms with Gasteiger partial charge in [-0.05, 0) is 37.0 Å². The maximum absolute atomic E-state index is 12.4. The van der Waals surface area contributed by atoms with Crippen molar-refractivity contribution in [3.8, 4) is 0 Å². The van der Waals surface area contributed by atoms with Crippen molar-refractivity contribution in [3.05, 3.63) is 39.2 Å². The molecule has 0 bridgehead atoms. The minimum atomic E-state index is 0.0489. The first-order chi connectivity index (χ1) is 12.1. The minimum absolute atomic E-state index is 0.0489. The van der Waals surface area contributed by atoms with Crippen LogP contribution >= 0.6 is 0 Å². The Labute approximate surface area is 147 Å². The van der Waals surface area contributed by atoms with Crippen molar-refractivity contribution in [2.45, 2.75) is 26.3 Å². The van der Waals surface area contributed by atoms with Crippen molar-refractivity contribution in [2.24, 2.45) is 0 Å². The van der Waals surface area contributed by atoms with E-state index in [4.69, 9.17) is 4.74 Å². The summed E-state index contributed by atoms with van der Waals surface area (Å²) >= 11 is 0. The number of anilines is 1. The second-order valence-electron chi connectivity index (χ2n) is 7.06. The summed E-state index contributed by atoms with van der Waals surface area (Å²) in [5.74, 6) is 0. The number of hydrazine groups is 1. The van der Waals surface area contributed by atoms with Gasteiger partial charge in [-0.2, -0.15) is 0 Å². The van der Waals surface area contributed by atoms with Crippen LogP contribution in [0, 0.1) is 6.92 Å². The van der Waals surface area contributed by atoms with E-state index in [1.165, 1.54) is 11.1 Å². The van der Waals surface area contributed by atoms with Crippen LogP contribution in [0.25, 0.3) is 10.9 Å². The number of aromatic amines is 1. The second-order valence-corrected chi connectivity index (χ2v) is 7.06. The predicted octanol–water partition coefficient (Wildman–Crippen LogP) is 1.87. The number of pyridine rings is 1. The smallest absolute Gasteiger partial charge is 0.253 e. The highest BCUT2D eigenvalue weighted by Crippen LogP contribution is 2.31. The van der Waals surface area contributed by atoms with Crippen molar-refractivity contribution >= 4 is 16.6 Å². The molecular formula is C19H26N4O2. The van der Waals surface area contributed by atoms with Crippen molar-refractivity contribution in [3.63, 3.8) is 0 Å². The number of hydrogen-bond acceptors (Lipinski definition) is 5. The fraction of sp³-hybridized carbons (Fsp3) is 0.526. The number of H-pyrrole nitrogens is 1. The Hall–Kier alpha value is -1.89. The zero-order valence-electron chi connectivity index (χ0n) is 15.0. The van der Waals surface area contributed by atoms with E-state index in [1.807, 2.05) is 0 Å². The molecule has 2 N–H and O–H groups in total. The van der Waals surface area contributed by atoms with E-state index in [2.05, 4.69) is 46.4 Å². The lowest BCUT2D eigenvalue weighted by Gasteiger charge is -2.34. The highest BCUT2D eigenvalue weighted by atomic mass is 16.5. The van der Waals surface area contributed by atoms with Crippen LogP contribution in [0.4, 0.5) is 5.69 Å². The molecule has 25 heavy (non-hydrogen) atoms. The fourth-order valence-corrected chi connectivity index (χ4v) is 4.02. The molecule has 0 unspecified atom stereocenters. The van der Waals surface area contributed by atoms with Gasteiger partial charge in [0.1, 0.15) is 0 Å². The van der Waals surface area contributed by atoms with E-state index in [0.717, 1.165) is 74.4 Å². The molecule has 134 valence electrons. The summed E-state index contributed by atoms with van der Waals surface area (Å²) in [7, 11) is 2.11. The van der Waals surface area contributed by atoms with Crippen LogP contribution in [0.3, 0.4) is 0 Å². The van der Waals surface area contributed by atoms with Gasteiger partial charge in [-0.1, -0.05) is 6.07 Å². The molecule has 6 nitrogen and oxygen atoms in total. The number of benzene rings is 1. The first kappa shape index (κ1) is 16.6. The Morgan fingerprint density at radius 3 is 2.88 bits per heavy atom. The SMILES string of the molecule is Cc1cc(CN(C)N2CCOCC2)cc2[nH]c(=O)c3c(c12)NCCC3. The van der Waals surface area contributed by atoms with Gasteiger partial charge < -0.3 is 15.0 Å². The van der Waals surface area contributed by atoms with Gasteiger partial charge in [-0.3, -0.25) is 4.79 Å². The van der Waals surface area contributed by atoms with Gasteiger partial charge >= 0.3 is 0 Å². The van der Waals surface area contributed by atoms with Gasteiger partial charge in [-0.15, -0.1) is 0 Å². The number of fused-ring (bicyclic) bond motifs is 3. The molecule has 2 aromatic rings. The average Bonchev–Trinajstić information content (AvgIpc) is 2.62. The number of aromatic nitrogens is 1. The molecule has 1 saturated heterocycles. The van der Waals surface area contributed by atoms with Crippen molar-refractivity contribution in [1.29, 1.82) is 0 Å². The molecule has 6 heteroatoms. The average molecular weight is 342 g/mol. The Kier molecular flexibility index (Phi) is 4.50. The van der Waals surface area contributed by atoms with Crippen molar-refractivity contribution < 1.29 is 4.74 Å². The van der Waals surface area contributed by atoms with Crippen LogP contribution in [0.15, 0.2) is 16.9 Å². The largest absolute Gasteiger partial charge is 0.384 e. The van der Waals surface area contributed by atoms with E-state index < -0.39 is 0 Å². The molecule has 4 rings (SSSR count). The third-order valence-electron chi connectivity index (χ3n) is 5.26. The molecule has 0 saturated carbocycles. The second kappa shape index (κ2) is 6.78. The molecule has 0 spiro atoms. The summed E-state index contributed by atoms with van der Waals surface area (Å²) < 4.78 is 5.43. The summed E-state index contributed by atoms with van der Waals surface area (Å²) in [6.07, 6.45) is 1.87. The molecule has 0 aliphatic carbocycles. The van der Waals surface area contributed by atoms with Crippen LogP contribution in [-0.4, -0.2) is 54.9 Å². The Bertz CT molecular complexity index is 839. The fourth-order valence-electron chi connectivity index (χ4n) is 4.02. The van der Waals surface area contributed by atoms with Crippen LogP contribution in [-0.2, 0) is 17.7 Å². The van der Waals surface area contributed by atoms with Gasteiger partial charge in [0.25, 0.3) is 5.56 Å². The summed E-state index contributed by atoms with van der Waals surface area (Å²) in [5.41, 5.74) is 5.35. The van der Waals surface area contributed by atoms with Gasteiger partial charge in [-0.25, -0.2) is 10.0 Å². The Morgan fingerprint density at radius 2 is 2.08 bits per heavy atom. The zero-order valence-corrected chi connectivity index (χ0v) is 15.0. The van der Waals surface area contributed by atoms with Crippen molar-refractivity contribution in [2.75, 3.05) is 45.2 Å². The molecule has 0 radical (unpaired) electrons. The lowest BCUT2D eigenvalue weighted by Crippen LogP contribution is -2.46.